The van der Waals surface area contributed by atoms with Crippen molar-refractivity contribution < 1.29 is 18.4 Å². The van der Waals surface area contributed by atoms with Crippen LogP contribution in [0, 0.1) is 11.6 Å². The third-order valence-corrected chi connectivity index (χ3v) is 6.14. The summed E-state index contributed by atoms with van der Waals surface area (Å²) in [4.78, 5) is 28.8. The maximum absolute atomic E-state index is 14.5. The summed E-state index contributed by atoms with van der Waals surface area (Å²) in [5.41, 5.74) is 0.504. The SMILES string of the molecule is O=C(Nc1cc(F)c(N2CCCC2)c(F)c1)C1CCCN1C(=O)c1ccc(Br)cc1. The number of rotatable bonds is 4. The van der Waals surface area contributed by atoms with Gasteiger partial charge in [0.15, 0.2) is 11.6 Å². The lowest BCUT2D eigenvalue weighted by Gasteiger charge is -2.24. The number of hydrogen-bond donors (Lipinski definition) is 1. The lowest BCUT2D eigenvalue weighted by molar-refractivity contribution is -0.119. The van der Waals surface area contributed by atoms with Crippen LogP contribution in [-0.4, -0.2) is 42.4 Å². The van der Waals surface area contributed by atoms with Crippen molar-refractivity contribution in [2.45, 2.75) is 31.7 Å². The van der Waals surface area contributed by atoms with Crippen LogP contribution in [0.1, 0.15) is 36.0 Å². The van der Waals surface area contributed by atoms with Crippen molar-refractivity contribution in [1.29, 1.82) is 0 Å². The molecule has 2 saturated heterocycles. The highest BCUT2D eigenvalue weighted by Crippen LogP contribution is 2.30. The maximum Gasteiger partial charge on any atom is 0.254 e. The summed E-state index contributed by atoms with van der Waals surface area (Å²) in [7, 11) is 0. The smallest absolute Gasteiger partial charge is 0.254 e. The molecule has 158 valence electrons. The average Bonchev–Trinajstić information content (AvgIpc) is 3.40. The van der Waals surface area contributed by atoms with Gasteiger partial charge in [0, 0.05) is 35.4 Å². The molecule has 1 N–H and O–H groups in total. The lowest BCUT2D eigenvalue weighted by Crippen LogP contribution is -2.43. The molecular weight excluding hydrogens is 456 g/mol. The van der Waals surface area contributed by atoms with Crippen molar-refractivity contribution in [1.82, 2.24) is 4.90 Å². The fourth-order valence-electron chi connectivity index (χ4n) is 4.15. The minimum atomic E-state index is -0.693. The van der Waals surface area contributed by atoms with Crippen molar-refractivity contribution in [3.63, 3.8) is 0 Å². The van der Waals surface area contributed by atoms with Gasteiger partial charge < -0.3 is 15.1 Å². The van der Waals surface area contributed by atoms with E-state index in [1.54, 1.807) is 29.2 Å². The Bertz CT molecular complexity index is 938. The molecule has 5 nitrogen and oxygen atoms in total. The molecule has 0 aliphatic carbocycles. The normalized spacial score (nSPS) is 18.7. The second kappa shape index (κ2) is 8.71. The van der Waals surface area contributed by atoms with Crippen LogP contribution in [0.5, 0.6) is 0 Å². The third-order valence-electron chi connectivity index (χ3n) is 5.61. The van der Waals surface area contributed by atoms with Crippen LogP contribution in [0.3, 0.4) is 0 Å². The van der Waals surface area contributed by atoms with Crippen LogP contribution in [0.4, 0.5) is 20.2 Å². The topological polar surface area (TPSA) is 52.7 Å². The van der Waals surface area contributed by atoms with Crippen LogP contribution in [0.25, 0.3) is 0 Å². The molecule has 30 heavy (non-hydrogen) atoms. The first-order chi connectivity index (χ1) is 14.4. The average molecular weight is 478 g/mol. The van der Waals surface area contributed by atoms with Crippen molar-refractivity contribution >= 4 is 39.1 Å². The van der Waals surface area contributed by atoms with E-state index in [2.05, 4.69) is 21.2 Å². The van der Waals surface area contributed by atoms with E-state index in [4.69, 9.17) is 0 Å². The van der Waals surface area contributed by atoms with E-state index < -0.39 is 23.6 Å². The number of anilines is 2. The number of amides is 2. The highest BCUT2D eigenvalue weighted by Gasteiger charge is 2.35. The molecule has 0 radical (unpaired) electrons. The van der Waals surface area contributed by atoms with Gasteiger partial charge in [0.25, 0.3) is 5.91 Å². The number of halogens is 3. The fourth-order valence-corrected chi connectivity index (χ4v) is 4.41. The summed E-state index contributed by atoms with van der Waals surface area (Å²) in [6, 6.07) is 8.54. The van der Waals surface area contributed by atoms with Gasteiger partial charge in [-0.15, -0.1) is 0 Å². The van der Waals surface area contributed by atoms with Crippen LogP contribution in [0.15, 0.2) is 40.9 Å². The number of likely N-dealkylation sites (tertiary alicyclic amines) is 1. The predicted molar refractivity (Wildman–Crippen MR) is 115 cm³/mol. The second-order valence-electron chi connectivity index (χ2n) is 7.64. The van der Waals surface area contributed by atoms with Gasteiger partial charge >= 0.3 is 0 Å². The highest BCUT2D eigenvalue weighted by molar-refractivity contribution is 9.10. The Morgan fingerprint density at radius 3 is 2.23 bits per heavy atom. The molecule has 2 fully saturated rings. The van der Waals surface area contributed by atoms with Gasteiger partial charge in [-0.2, -0.15) is 0 Å². The van der Waals surface area contributed by atoms with E-state index in [0.29, 0.717) is 38.0 Å². The monoisotopic (exact) mass is 477 g/mol. The Kier molecular flexibility index (Phi) is 6.04. The van der Waals surface area contributed by atoms with Crippen molar-refractivity contribution in [2.24, 2.45) is 0 Å². The molecule has 0 aromatic heterocycles. The number of benzene rings is 2. The molecule has 0 saturated carbocycles. The zero-order valence-corrected chi connectivity index (χ0v) is 17.9. The largest absolute Gasteiger partial charge is 0.367 e. The quantitative estimate of drug-likeness (QED) is 0.701. The zero-order chi connectivity index (χ0) is 21.3. The molecule has 2 aliphatic heterocycles. The minimum absolute atomic E-state index is 0.0431. The van der Waals surface area contributed by atoms with Crippen molar-refractivity contribution in [2.75, 3.05) is 29.9 Å². The van der Waals surface area contributed by atoms with E-state index in [9.17, 15) is 18.4 Å². The third kappa shape index (κ3) is 4.19. The number of carbonyl (C=O) groups is 2. The van der Waals surface area contributed by atoms with Crippen LogP contribution in [0.2, 0.25) is 0 Å². The first-order valence-corrected chi connectivity index (χ1v) is 10.8. The summed E-state index contributed by atoms with van der Waals surface area (Å²) in [6.45, 7) is 1.70. The summed E-state index contributed by atoms with van der Waals surface area (Å²) in [5.74, 6) is -2.06. The summed E-state index contributed by atoms with van der Waals surface area (Å²) in [6.07, 6.45) is 3.00. The Morgan fingerprint density at radius 2 is 1.60 bits per heavy atom. The van der Waals surface area contributed by atoms with Gasteiger partial charge in [0.05, 0.1) is 0 Å². The molecule has 4 rings (SSSR count). The van der Waals surface area contributed by atoms with Crippen molar-refractivity contribution in [3.05, 3.63) is 58.1 Å². The minimum Gasteiger partial charge on any atom is -0.367 e. The van der Waals surface area contributed by atoms with E-state index in [1.807, 2.05) is 0 Å². The first-order valence-electron chi connectivity index (χ1n) is 10.1. The number of nitrogens with zero attached hydrogens (tertiary/aromatic N) is 2. The number of nitrogens with one attached hydrogen (secondary N) is 1. The Morgan fingerprint density at radius 1 is 0.967 bits per heavy atom. The molecule has 8 heteroatoms. The summed E-state index contributed by atoms with van der Waals surface area (Å²) >= 11 is 3.34. The molecule has 1 atom stereocenters. The van der Waals surface area contributed by atoms with Gasteiger partial charge in [-0.25, -0.2) is 8.78 Å². The maximum atomic E-state index is 14.5. The van der Waals surface area contributed by atoms with Crippen LogP contribution in [-0.2, 0) is 4.79 Å². The molecule has 0 spiro atoms. The molecular formula is C22H22BrF2N3O2. The van der Waals surface area contributed by atoms with Gasteiger partial charge in [0.2, 0.25) is 5.91 Å². The lowest BCUT2D eigenvalue weighted by atomic mass is 10.1. The molecule has 0 bridgehead atoms. The van der Waals surface area contributed by atoms with Gasteiger partial charge in [0.1, 0.15) is 11.7 Å². The second-order valence-corrected chi connectivity index (χ2v) is 8.55. The number of carbonyl (C=O) groups excluding carboxylic acids is 2. The zero-order valence-electron chi connectivity index (χ0n) is 16.3. The predicted octanol–water partition coefficient (Wildman–Crippen LogP) is 4.57. The first kappa shape index (κ1) is 20.8. The van der Waals surface area contributed by atoms with Gasteiger partial charge in [-0.05, 0) is 62.1 Å². The standard InChI is InChI=1S/C22H22BrF2N3O2/c23-15-7-5-14(6-8-15)22(30)28-11-3-4-19(28)21(29)26-16-12-17(24)20(18(25)13-16)27-9-1-2-10-27/h5-8,12-13,19H,1-4,9-11H2,(H,26,29). The van der Waals surface area contributed by atoms with Gasteiger partial charge in [-0.1, -0.05) is 15.9 Å². The van der Waals surface area contributed by atoms with E-state index in [0.717, 1.165) is 29.4 Å². The van der Waals surface area contributed by atoms with E-state index >= 15 is 0 Å². The Hall–Kier alpha value is -2.48. The summed E-state index contributed by atoms with van der Waals surface area (Å²) in [5, 5.41) is 2.59. The molecule has 2 aromatic rings. The van der Waals surface area contributed by atoms with E-state index in [1.165, 1.54) is 4.90 Å². The van der Waals surface area contributed by atoms with Crippen LogP contribution >= 0.6 is 15.9 Å². The fraction of sp³-hybridized carbons (Fsp3) is 0.364. The molecule has 2 aliphatic rings. The molecule has 1 unspecified atom stereocenters. The van der Waals surface area contributed by atoms with Crippen molar-refractivity contribution in [3.8, 4) is 0 Å². The molecule has 2 aromatic carbocycles. The van der Waals surface area contributed by atoms with Gasteiger partial charge in [-0.3, -0.25) is 9.59 Å². The Labute approximate surface area is 182 Å². The molecule has 2 amide bonds. The summed E-state index contributed by atoms with van der Waals surface area (Å²) < 4.78 is 30.0. The highest BCUT2D eigenvalue weighted by atomic mass is 79.9. The van der Waals surface area contributed by atoms with Crippen LogP contribution < -0.4 is 10.2 Å². The number of hydrogen-bond acceptors (Lipinski definition) is 3. The molecule has 2 heterocycles. The van der Waals surface area contributed by atoms with E-state index in [-0.39, 0.29) is 17.3 Å². The Balaban J connectivity index is 1.49.